The summed E-state index contributed by atoms with van der Waals surface area (Å²) in [5, 5.41) is 13.8. The molecular weight excluding hydrogens is 404 g/mol. The number of nitrogens with one attached hydrogen (secondary N) is 2. The molecule has 0 atom stereocenters. The van der Waals surface area contributed by atoms with Gasteiger partial charge in [-0.3, -0.25) is 24.6 Å². The zero-order chi connectivity index (χ0) is 22.0. The quantitative estimate of drug-likeness (QED) is 0.532. The monoisotopic (exact) mass is 430 g/mol. The summed E-state index contributed by atoms with van der Waals surface area (Å²) in [6.45, 7) is 4.08. The van der Waals surface area contributed by atoms with Crippen molar-refractivity contribution in [2.45, 2.75) is 24.8 Å². The fraction of sp³-hybridized carbons (Fsp3) is 0.550. The standard InChI is InChI=1S/C20H26N6O5/c27-16(28)3-6-24-9-11-26(12-10-24)17(29)14-1-2-15(21-13-14)25-7-4-20(5-8-25)18(30)22-19(31)23-20/h1-2,13H,3-12H2,(H,27,28)(H2,22,23,30,31). The van der Waals surface area contributed by atoms with Gasteiger partial charge in [0.2, 0.25) is 0 Å². The summed E-state index contributed by atoms with van der Waals surface area (Å²) >= 11 is 0. The smallest absolute Gasteiger partial charge is 0.322 e. The van der Waals surface area contributed by atoms with Gasteiger partial charge in [0.25, 0.3) is 11.8 Å². The van der Waals surface area contributed by atoms with Gasteiger partial charge in [0, 0.05) is 52.0 Å². The van der Waals surface area contributed by atoms with Gasteiger partial charge in [-0.15, -0.1) is 0 Å². The molecule has 3 fully saturated rings. The van der Waals surface area contributed by atoms with Crippen LogP contribution in [-0.2, 0) is 9.59 Å². The van der Waals surface area contributed by atoms with E-state index in [0.717, 1.165) is 5.82 Å². The number of imide groups is 1. The third-order valence-corrected chi connectivity index (χ3v) is 6.25. The average molecular weight is 430 g/mol. The molecule has 4 rings (SSSR count). The van der Waals surface area contributed by atoms with Crippen molar-refractivity contribution in [3.05, 3.63) is 23.9 Å². The lowest BCUT2D eigenvalue weighted by molar-refractivity contribution is -0.137. The lowest BCUT2D eigenvalue weighted by Crippen LogP contribution is -2.55. The summed E-state index contributed by atoms with van der Waals surface area (Å²) in [4.78, 5) is 57.3. The van der Waals surface area contributed by atoms with Crippen LogP contribution in [0.15, 0.2) is 18.3 Å². The average Bonchev–Trinajstić information content (AvgIpc) is 3.05. The summed E-state index contributed by atoms with van der Waals surface area (Å²) in [5.41, 5.74) is -0.311. The lowest BCUT2D eigenvalue weighted by Gasteiger charge is -2.37. The Balaban J connectivity index is 1.30. The summed E-state index contributed by atoms with van der Waals surface area (Å²) in [6, 6.07) is 3.12. The van der Waals surface area contributed by atoms with E-state index in [4.69, 9.17) is 5.11 Å². The molecule has 0 saturated carbocycles. The zero-order valence-electron chi connectivity index (χ0n) is 17.2. The number of piperidine rings is 1. The third-order valence-electron chi connectivity index (χ3n) is 6.25. The molecular formula is C20H26N6O5. The van der Waals surface area contributed by atoms with Crippen molar-refractivity contribution >= 4 is 29.6 Å². The number of piperazine rings is 1. The predicted octanol–water partition coefficient (Wildman–Crippen LogP) is -0.507. The fourth-order valence-corrected chi connectivity index (χ4v) is 4.31. The molecule has 166 valence electrons. The van der Waals surface area contributed by atoms with Crippen LogP contribution in [0.3, 0.4) is 0 Å². The molecule has 3 aliphatic heterocycles. The van der Waals surface area contributed by atoms with Crippen molar-refractivity contribution in [3.63, 3.8) is 0 Å². The van der Waals surface area contributed by atoms with Gasteiger partial charge >= 0.3 is 12.0 Å². The van der Waals surface area contributed by atoms with E-state index in [2.05, 4.69) is 20.5 Å². The van der Waals surface area contributed by atoms with Gasteiger partial charge in [-0.1, -0.05) is 0 Å². The van der Waals surface area contributed by atoms with Gasteiger partial charge in [0.15, 0.2) is 0 Å². The molecule has 0 aromatic carbocycles. The molecule has 11 nitrogen and oxygen atoms in total. The molecule has 3 saturated heterocycles. The normalized spacial score (nSPS) is 21.2. The molecule has 3 N–H and O–H groups in total. The number of carbonyl (C=O) groups is 4. The van der Waals surface area contributed by atoms with E-state index >= 15 is 0 Å². The number of amides is 4. The Morgan fingerprint density at radius 3 is 2.32 bits per heavy atom. The van der Waals surface area contributed by atoms with Crippen molar-refractivity contribution in [3.8, 4) is 0 Å². The second kappa shape index (κ2) is 8.50. The summed E-state index contributed by atoms with van der Waals surface area (Å²) in [7, 11) is 0. The number of pyridine rings is 1. The number of urea groups is 1. The van der Waals surface area contributed by atoms with Crippen LogP contribution < -0.4 is 15.5 Å². The third kappa shape index (κ3) is 4.46. The number of carbonyl (C=O) groups excluding carboxylic acids is 3. The SMILES string of the molecule is O=C(O)CCN1CCN(C(=O)c2ccc(N3CCC4(CC3)NC(=O)NC4=O)nc2)CC1. The second-order valence-corrected chi connectivity index (χ2v) is 8.16. The van der Waals surface area contributed by atoms with Crippen LogP contribution in [0.5, 0.6) is 0 Å². The Labute approximate surface area is 179 Å². The number of hydrogen-bond donors (Lipinski definition) is 3. The zero-order valence-corrected chi connectivity index (χ0v) is 17.2. The number of aliphatic carboxylic acids is 1. The van der Waals surface area contributed by atoms with Crippen molar-refractivity contribution in [1.82, 2.24) is 25.4 Å². The Bertz CT molecular complexity index is 873. The van der Waals surface area contributed by atoms with Gasteiger partial charge in [0.1, 0.15) is 11.4 Å². The molecule has 1 aromatic rings. The molecule has 0 unspecified atom stereocenters. The predicted molar refractivity (Wildman–Crippen MR) is 110 cm³/mol. The summed E-state index contributed by atoms with van der Waals surface area (Å²) < 4.78 is 0. The number of hydrogen-bond acceptors (Lipinski definition) is 7. The van der Waals surface area contributed by atoms with E-state index in [-0.39, 0.29) is 18.2 Å². The molecule has 3 aliphatic rings. The molecule has 11 heteroatoms. The molecule has 0 radical (unpaired) electrons. The van der Waals surface area contributed by atoms with Crippen LogP contribution in [0.25, 0.3) is 0 Å². The van der Waals surface area contributed by atoms with E-state index in [0.29, 0.717) is 64.2 Å². The highest BCUT2D eigenvalue weighted by molar-refractivity contribution is 6.07. The van der Waals surface area contributed by atoms with Crippen LogP contribution in [0, 0.1) is 0 Å². The van der Waals surface area contributed by atoms with Crippen LogP contribution in [0.1, 0.15) is 29.6 Å². The van der Waals surface area contributed by atoms with Crippen LogP contribution in [0.4, 0.5) is 10.6 Å². The first kappa shape index (κ1) is 21.0. The molecule has 1 aromatic heterocycles. The van der Waals surface area contributed by atoms with E-state index < -0.39 is 17.5 Å². The summed E-state index contributed by atoms with van der Waals surface area (Å²) in [6.07, 6.45) is 2.68. The minimum atomic E-state index is -0.823. The highest BCUT2D eigenvalue weighted by Gasteiger charge is 2.47. The van der Waals surface area contributed by atoms with Crippen LogP contribution in [-0.4, -0.2) is 95.1 Å². The number of rotatable bonds is 5. The number of anilines is 1. The van der Waals surface area contributed by atoms with Gasteiger partial charge in [-0.25, -0.2) is 9.78 Å². The molecule has 31 heavy (non-hydrogen) atoms. The number of carboxylic acid groups (broad SMARTS) is 1. The van der Waals surface area contributed by atoms with Crippen molar-refractivity contribution in [2.24, 2.45) is 0 Å². The largest absolute Gasteiger partial charge is 0.481 e. The minimum Gasteiger partial charge on any atom is -0.481 e. The number of carboxylic acids is 1. The van der Waals surface area contributed by atoms with E-state index in [1.165, 1.54) is 0 Å². The first-order chi connectivity index (χ1) is 14.9. The summed E-state index contributed by atoms with van der Waals surface area (Å²) in [5.74, 6) is -0.437. The maximum Gasteiger partial charge on any atom is 0.322 e. The second-order valence-electron chi connectivity index (χ2n) is 8.16. The van der Waals surface area contributed by atoms with Crippen molar-refractivity contribution < 1.29 is 24.3 Å². The highest BCUT2D eigenvalue weighted by atomic mass is 16.4. The molecule has 1 spiro atoms. The Morgan fingerprint density at radius 2 is 1.77 bits per heavy atom. The first-order valence-electron chi connectivity index (χ1n) is 10.4. The molecule has 4 amide bonds. The lowest BCUT2D eigenvalue weighted by atomic mass is 9.88. The highest BCUT2D eigenvalue weighted by Crippen LogP contribution is 2.28. The Morgan fingerprint density at radius 1 is 1.06 bits per heavy atom. The Hall–Kier alpha value is -3.21. The maximum absolute atomic E-state index is 12.8. The van der Waals surface area contributed by atoms with Gasteiger partial charge < -0.3 is 20.2 Å². The minimum absolute atomic E-state index is 0.0835. The van der Waals surface area contributed by atoms with Crippen LogP contribution in [0.2, 0.25) is 0 Å². The van der Waals surface area contributed by atoms with E-state index in [9.17, 15) is 19.2 Å². The van der Waals surface area contributed by atoms with Gasteiger partial charge in [0.05, 0.1) is 12.0 Å². The maximum atomic E-state index is 12.8. The molecule has 0 bridgehead atoms. The first-order valence-corrected chi connectivity index (χ1v) is 10.4. The molecule has 4 heterocycles. The van der Waals surface area contributed by atoms with E-state index in [1.807, 2.05) is 11.0 Å². The van der Waals surface area contributed by atoms with E-state index in [1.54, 1.807) is 17.2 Å². The topological polar surface area (TPSA) is 135 Å². The fourth-order valence-electron chi connectivity index (χ4n) is 4.31. The van der Waals surface area contributed by atoms with Gasteiger partial charge in [-0.2, -0.15) is 0 Å². The van der Waals surface area contributed by atoms with Gasteiger partial charge in [-0.05, 0) is 25.0 Å². The number of nitrogens with zero attached hydrogens (tertiary/aromatic N) is 4. The van der Waals surface area contributed by atoms with Crippen molar-refractivity contribution in [1.29, 1.82) is 0 Å². The van der Waals surface area contributed by atoms with Crippen molar-refractivity contribution in [2.75, 3.05) is 50.7 Å². The number of aromatic nitrogens is 1. The Kier molecular flexibility index (Phi) is 5.77. The molecule has 0 aliphatic carbocycles. The van der Waals surface area contributed by atoms with Crippen LogP contribution >= 0.6 is 0 Å².